The highest BCUT2D eigenvalue weighted by molar-refractivity contribution is 6.10. The second-order valence-corrected chi connectivity index (χ2v) is 6.59. The highest BCUT2D eigenvalue weighted by atomic mass is 16.5. The van der Waals surface area contributed by atoms with Gasteiger partial charge in [0.15, 0.2) is 17.3 Å². The number of esters is 1. The van der Waals surface area contributed by atoms with Crippen LogP contribution in [-0.4, -0.2) is 32.6 Å². The molecule has 1 aliphatic rings. The number of methoxy groups -OCH3 is 2. The lowest BCUT2D eigenvalue weighted by atomic mass is 9.73. The van der Waals surface area contributed by atoms with Crippen molar-refractivity contribution in [3.63, 3.8) is 0 Å². The molecule has 2 aromatic rings. The molecule has 0 bridgehead atoms. The summed E-state index contributed by atoms with van der Waals surface area (Å²) in [6.45, 7) is 1.99. The van der Waals surface area contributed by atoms with Crippen LogP contribution in [0.25, 0.3) is 5.57 Å². The minimum atomic E-state index is -0.828. The molecule has 146 valence electrons. The maximum absolute atomic E-state index is 12.9. The molecule has 1 aliphatic carbocycles. The highest BCUT2D eigenvalue weighted by Gasteiger charge is 2.39. The van der Waals surface area contributed by atoms with Gasteiger partial charge in [0, 0.05) is 5.92 Å². The van der Waals surface area contributed by atoms with Crippen molar-refractivity contribution in [1.82, 2.24) is 0 Å². The number of benzene rings is 2. The normalized spacial score (nSPS) is 19.0. The maximum atomic E-state index is 12.9. The third-order valence-corrected chi connectivity index (χ3v) is 4.99. The molecule has 0 aromatic heterocycles. The summed E-state index contributed by atoms with van der Waals surface area (Å²) < 4.78 is 15.9. The Hall–Kier alpha value is -3.08. The van der Waals surface area contributed by atoms with Gasteiger partial charge in [-0.1, -0.05) is 36.4 Å². The Bertz CT molecular complexity index is 885. The predicted molar refractivity (Wildman–Crippen MR) is 106 cm³/mol. The second-order valence-electron chi connectivity index (χ2n) is 6.59. The molecular formula is C23H24O5. The highest BCUT2D eigenvalue weighted by Crippen LogP contribution is 2.41. The number of carbonyl (C=O) groups is 2. The van der Waals surface area contributed by atoms with Crippen molar-refractivity contribution < 1.29 is 23.8 Å². The molecule has 0 radical (unpaired) electrons. The number of hydrogen-bond donors (Lipinski definition) is 0. The van der Waals surface area contributed by atoms with E-state index in [1.807, 2.05) is 48.5 Å². The van der Waals surface area contributed by atoms with E-state index in [1.165, 1.54) is 0 Å². The van der Waals surface area contributed by atoms with Crippen LogP contribution in [0.5, 0.6) is 11.5 Å². The third-order valence-electron chi connectivity index (χ3n) is 4.99. The van der Waals surface area contributed by atoms with Crippen molar-refractivity contribution in [1.29, 1.82) is 0 Å². The largest absolute Gasteiger partial charge is 0.493 e. The summed E-state index contributed by atoms with van der Waals surface area (Å²) in [6.07, 6.45) is 2.11. The number of allylic oxidation sites excluding steroid dienone is 2. The van der Waals surface area contributed by atoms with Crippen LogP contribution in [0.3, 0.4) is 0 Å². The number of ketones is 1. The Kier molecular flexibility index (Phi) is 6.14. The fourth-order valence-corrected chi connectivity index (χ4v) is 3.63. The molecule has 0 heterocycles. The lowest BCUT2D eigenvalue weighted by molar-refractivity contribution is -0.151. The zero-order valence-electron chi connectivity index (χ0n) is 16.3. The molecule has 2 aromatic carbocycles. The molecule has 0 N–H and O–H groups in total. The van der Waals surface area contributed by atoms with Gasteiger partial charge < -0.3 is 14.2 Å². The summed E-state index contributed by atoms with van der Waals surface area (Å²) in [5.74, 6) is -0.588. The third kappa shape index (κ3) is 3.93. The molecule has 0 amide bonds. The summed E-state index contributed by atoms with van der Waals surface area (Å²) in [4.78, 5) is 25.4. The Labute approximate surface area is 164 Å². The number of carbonyl (C=O) groups excluding carboxylic acids is 2. The van der Waals surface area contributed by atoms with Crippen molar-refractivity contribution in [2.75, 3.05) is 20.8 Å². The molecule has 2 atom stereocenters. The fraction of sp³-hybridized carbons (Fsp3) is 0.304. The van der Waals surface area contributed by atoms with Crippen LogP contribution in [-0.2, 0) is 14.3 Å². The number of ether oxygens (including phenoxy) is 3. The smallest absolute Gasteiger partial charge is 0.317 e. The first-order chi connectivity index (χ1) is 13.6. The van der Waals surface area contributed by atoms with E-state index >= 15 is 0 Å². The lowest BCUT2D eigenvalue weighted by Gasteiger charge is -2.29. The molecule has 5 nitrogen and oxygen atoms in total. The molecule has 3 rings (SSSR count). The molecule has 0 fully saturated rings. The zero-order chi connectivity index (χ0) is 20.1. The van der Waals surface area contributed by atoms with E-state index in [0.717, 1.165) is 16.7 Å². The monoisotopic (exact) mass is 380 g/mol. The summed E-state index contributed by atoms with van der Waals surface area (Å²) in [6, 6.07) is 15.2. The average Bonchev–Trinajstić information content (AvgIpc) is 2.73. The van der Waals surface area contributed by atoms with Crippen molar-refractivity contribution in [3.8, 4) is 11.5 Å². The molecular weight excluding hydrogens is 356 g/mol. The summed E-state index contributed by atoms with van der Waals surface area (Å²) in [5.41, 5.74) is 2.68. The van der Waals surface area contributed by atoms with E-state index in [-0.39, 0.29) is 18.3 Å². The van der Waals surface area contributed by atoms with Gasteiger partial charge in [-0.05, 0) is 48.3 Å². The molecule has 0 spiro atoms. The SMILES string of the molecule is CCOC(=O)[C@@H]1C(=O)C=C(c2ccc(OC)c(OC)c2)C[C@H]1c1ccccc1. The van der Waals surface area contributed by atoms with Gasteiger partial charge in [-0.15, -0.1) is 0 Å². The van der Waals surface area contributed by atoms with Gasteiger partial charge in [-0.25, -0.2) is 0 Å². The minimum Gasteiger partial charge on any atom is -0.493 e. The molecule has 28 heavy (non-hydrogen) atoms. The van der Waals surface area contributed by atoms with Crippen LogP contribution < -0.4 is 9.47 Å². The van der Waals surface area contributed by atoms with E-state index in [4.69, 9.17) is 14.2 Å². The quantitative estimate of drug-likeness (QED) is 0.559. The van der Waals surface area contributed by atoms with Crippen molar-refractivity contribution >= 4 is 17.3 Å². The first-order valence-electron chi connectivity index (χ1n) is 9.27. The Morgan fingerprint density at radius 3 is 2.39 bits per heavy atom. The van der Waals surface area contributed by atoms with Crippen molar-refractivity contribution in [2.45, 2.75) is 19.3 Å². The first-order valence-corrected chi connectivity index (χ1v) is 9.27. The van der Waals surface area contributed by atoms with Crippen molar-refractivity contribution in [3.05, 3.63) is 65.7 Å². The average molecular weight is 380 g/mol. The van der Waals surface area contributed by atoms with Crippen LogP contribution in [0, 0.1) is 5.92 Å². The maximum Gasteiger partial charge on any atom is 0.317 e. The van der Waals surface area contributed by atoms with Gasteiger partial charge in [-0.3, -0.25) is 9.59 Å². The van der Waals surface area contributed by atoms with Gasteiger partial charge in [0.1, 0.15) is 5.92 Å². The van der Waals surface area contributed by atoms with E-state index in [0.29, 0.717) is 17.9 Å². The van der Waals surface area contributed by atoms with Gasteiger partial charge >= 0.3 is 5.97 Å². The predicted octanol–water partition coefficient (Wildman–Crippen LogP) is 4.02. The van der Waals surface area contributed by atoms with Crippen LogP contribution in [0.4, 0.5) is 0 Å². The van der Waals surface area contributed by atoms with E-state index in [2.05, 4.69) is 0 Å². The molecule has 0 saturated heterocycles. The summed E-state index contributed by atoms with van der Waals surface area (Å²) in [5, 5.41) is 0. The molecule has 0 aliphatic heterocycles. The van der Waals surface area contributed by atoms with E-state index in [9.17, 15) is 9.59 Å². The molecule has 0 unspecified atom stereocenters. The standard InChI is InChI=1S/C23H24O5/c1-4-28-23(25)22-18(15-8-6-5-7-9-15)12-17(13-19(22)24)16-10-11-20(26-2)21(14-16)27-3/h5-11,13-14,18,22H,4,12H2,1-3H3/t18-,22-/m0/s1. The van der Waals surface area contributed by atoms with Crippen LogP contribution in [0.2, 0.25) is 0 Å². The topological polar surface area (TPSA) is 61.8 Å². The number of rotatable bonds is 6. The zero-order valence-corrected chi connectivity index (χ0v) is 16.3. The second kappa shape index (κ2) is 8.74. The van der Waals surface area contributed by atoms with Crippen molar-refractivity contribution in [2.24, 2.45) is 5.92 Å². The van der Waals surface area contributed by atoms with Crippen LogP contribution >= 0.6 is 0 Å². The van der Waals surface area contributed by atoms with Gasteiger partial charge in [-0.2, -0.15) is 0 Å². The lowest BCUT2D eigenvalue weighted by Crippen LogP contribution is -2.34. The van der Waals surface area contributed by atoms with Gasteiger partial charge in [0.05, 0.1) is 20.8 Å². The Morgan fingerprint density at radius 1 is 1.04 bits per heavy atom. The summed E-state index contributed by atoms with van der Waals surface area (Å²) in [7, 11) is 3.15. The summed E-state index contributed by atoms with van der Waals surface area (Å²) >= 11 is 0. The Balaban J connectivity index is 2.02. The first kappa shape index (κ1) is 19.7. The Morgan fingerprint density at radius 2 is 1.75 bits per heavy atom. The molecule has 5 heteroatoms. The minimum absolute atomic E-state index is 0.233. The fourth-order valence-electron chi connectivity index (χ4n) is 3.63. The molecule has 0 saturated carbocycles. The van der Waals surface area contributed by atoms with Gasteiger partial charge in [0.2, 0.25) is 0 Å². The van der Waals surface area contributed by atoms with Gasteiger partial charge in [0.25, 0.3) is 0 Å². The van der Waals surface area contributed by atoms with E-state index < -0.39 is 11.9 Å². The number of hydrogen-bond acceptors (Lipinski definition) is 5. The van der Waals surface area contributed by atoms with Crippen LogP contribution in [0.1, 0.15) is 30.4 Å². The van der Waals surface area contributed by atoms with Crippen LogP contribution in [0.15, 0.2) is 54.6 Å². The van der Waals surface area contributed by atoms with E-state index in [1.54, 1.807) is 27.2 Å².